The summed E-state index contributed by atoms with van der Waals surface area (Å²) >= 11 is 0. The van der Waals surface area contributed by atoms with Crippen LogP contribution in [0.3, 0.4) is 0 Å². The molecule has 0 N–H and O–H groups in total. The van der Waals surface area contributed by atoms with Crippen molar-refractivity contribution < 1.29 is 0 Å². The Labute approximate surface area is 143 Å². The predicted molar refractivity (Wildman–Crippen MR) is 98.3 cm³/mol. The highest BCUT2D eigenvalue weighted by atomic mass is 15.1. The Kier molecular flexibility index (Phi) is 3.95. The third-order valence-electron chi connectivity index (χ3n) is 8.69. The van der Waals surface area contributed by atoms with E-state index < -0.39 is 0 Å². The Hall–Kier alpha value is -0.300. The lowest BCUT2D eigenvalue weighted by Gasteiger charge is -2.60. The molecule has 0 amide bonds. The molecule has 0 aromatic rings. The zero-order valence-electron chi connectivity index (χ0n) is 15.9. The number of fused-ring (bicyclic) bond motifs is 5. The fraction of sp³-hybridized carbons (Fsp3) is 0.909. The van der Waals surface area contributed by atoms with Crippen molar-refractivity contribution in [1.29, 1.82) is 0 Å². The van der Waals surface area contributed by atoms with Gasteiger partial charge in [-0.3, -0.25) is 4.90 Å². The van der Waals surface area contributed by atoms with Crippen LogP contribution in [0.4, 0.5) is 0 Å². The highest BCUT2D eigenvalue weighted by Gasteiger charge is 2.58. The van der Waals surface area contributed by atoms with Crippen molar-refractivity contribution in [2.24, 2.45) is 34.5 Å². The molecule has 3 aliphatic carbocycles. The number of rotatable bonds is 2. The normalized spacial score (nSPS) is 52.8. The molecule has 130 valence electrons. The summed E-state index contributed by atoms with van der Waals surface area (Å²) in [4.78, 5) is 2.64. The van der Waals surface area contributed by atoms with Gasteiger partial charge in [0.15, 0.2) is 0 Å². The minimum atomic E-state index is 0.445. The molecule has 2 unspecified atom stereocenters. The van der Waals surface area contributed by atoms with Crippen molar-refractivity contribution in [2.45, 2.75) is 78.2 Å². The molecule has 0 aromatic heterocycles. The number of hydrogen-bond acceptors (Lipinski definition) is 1. The molecule has 3 saturated carbocycles. The van der Waals surface area contributed by atoms with E-state index in [2.05, 4.69) is 44.9 Å². The molecule has 3 fully saturated rings. The van der Waals surface area contributed by atoms with Gasteiger partial charge in [-0.1, -0.05) is 45.8 Å². The zero-order valence-corrected chi connectivity index (χ0v) is 15.9. The smallest absolute Gasteiger partial charge is 0.0187 e. The summed E-state index contributed by atoms with van der Waals surface area (Å²) in [6, 6.07) is 0.797. The first-order chi connectivity index (χ1) is 11.0. The summed E-state index contributed by atoms with van der Waals surface area (Å²) in [5, 5.41) is 0. The molecule has 1 nitrogen and oxygen atoms in total. The minimum absolute atomic E-state index is 0.445. The van der Waals surface area contributed by atoms with Gasteiger partial charge in [-0.25, -0.2) is 0 Å². The van der Waals surface area contributed by atoms with Gasteiger partial charge in [-0.2, -0.15) is 0 Å². The van der Waals surface area contributed by atoms with Crippen LogP contribution in [-0.2, 0) is 0 Å². The summed E-state index contributed by atoms with van der Waals surface area (Å²) in [5.74, 6) is 4.01. The molecule has 0 aromatic carbocycles. The molecule has 1 aliphatic heterocycles. The van der Waals surface area contributed by atoms with E-state index in [1.54, 1.807) is 6.42 Å². The molecular weight excluding hydrogens is 278 g/mol. The Morgan fingerprint density at radius 2 is 1.96 bits per heavy atom. The fourth-order valence-electron chi connectivity index (χ4n) is 7.74. The predicted octanol–water partition coefficient (Wildman–Crippen LogP) is 5.52. The fourth-order valence-corrected chi connectivity index (χ4v) is 7.74. The van der Waals surface area contributed by atoms with E-state index in [0.717, 1.165) is 36.3 Å². The van der Waals surface area contributed by atoms with Crippen LogP contribution in [0, 0.1) is 34.5 Å². The lowest BCUT2D eigenvalue weighted by atomic mass is 9.48. The average Bonchev–Trinajstić information content (AvgIpc) is 2.84. The number of hydrogen-bond donors (Lipinski definition) is 0. The Morgan fingerprint density at radius 1 is 1.13 bits per heavy atom. The lowest BCUT2D eigenvalue weighted by molar-refractivity contribution is -0.0771. The molecular formula is C22H37N. The highest BCUT2D eigenvalue weighted by molar-refractivity contribution is 5.17. The van der Waals surface area contributed by atoms with Crippen LogP contribution in [0.15, 0.2) is 12.2 Å². The zero-order chi connectivity index (χ0) is 16.2. The van der Waals surface area contributed by atoms with E-state index in [1.807, 2.05) is 0 Å². The molecule has 0 radical (unpaired) electrons. The van der Waals surface area contributed by atoms with Crippen LogP contribution < -0.4 is 0 Å². The Bertz CT molecular complexity index is 482. The van der Waals surface area contributed by atoms with Crippen molar-refractivity contribution >= 4 is 0 Å². The molecule has 4 rings (SSSR count). The molecule has 0 bridgehead atoms. The topological polar surface area (TPSA) is 3.24 Å². The van der Waals surface area contributed by atoms with E-state index in [-0.39, 0.29) is 0 Å². The van der Waals surface area contributed by atoms with E-state index in [9.17, 15) is 0 Å². The number of likely N-dealkylation sites (N-methyl/N-ethyl adjacent to an activating group) is 1. The van der Waals surface area contributed by atoms with Crippen molar-refractivity contribution in [3.05, 3.63) is 12.2 Å². The van der Waals surface area contributed by atoms with Gasteiger partial charge in [0.05, 0.1) is 0 Å². The third kappa shape index (κ3) is 2.36. The second-order valence-electron chi connectivity index (χ2n) is 9.97. The SMILES string of the molecule is CCCC1C[C@H]2[C@@H]3CCC4N(C)CC=C[C@]4(C)[C@@H]3CC[C@]2(C)C1. The monoisotopic (exact) mass is 315 g/mol. The molecule has 0 saturated heterocycles. The van der Waals surface area contributed by atoms with Crippen molar-refractivity contribution in [3.63, 3.8) is 0 Å². The average molecular weight is 316 g/mol. The first-order valence-corrected chi connectivity index (χ1v) is 10.4. The maximum absolute atomic E-state index is 2.65. The van der Waals surface area contributed by atoms with Gasteiger partial charge in [0.1, 0.15) is 0 Å². The van der Waals surface area contributed by atoms with Crippen molar-refractivity contribution in [3.8, 4) is 0 Å². The van der Waals surface area contributed by atoms with E-state index in [4.69, 9.17) is 0 Å². The molecule has 4 aliphatic rings. The Balaban J connectivity index is 1.61. The second kappa shape index (κ2) is 5.61. The van der Waals surface area contributed by atoms with Gasteiger partial charge in [-0.05, 0) is 74.7 Å². The van der Waals surface area contributed by atoms with Gasteiger partial charge in [0, 0.05) is 18.0 Å². The van der Waals surface area contributed by atoms with E-state index in [1.165, 1.54) is 44.9 Å². The van der Waals surface area contributed by atoms with Gasteiger partial charge in [0.25, 0.3) is 0 Å². The molecule has 1 heteroatoms. The van der Waals surface area contributed by atoms with Crippen LogP contribution in [-0.4, -0.2) is 24.5 Å². The van der Waals surface area contributed by atoms with Crippen LogP contribution >= 0.6 is 0 Å². The maximum Gasteiger partial charge on any atom is 0.0187 e. The molecule has 23 heavy (non-hydrogen) atoms. The molecule has 7 atom stereocenters. The van der Waals surface area contributed by atoms with E-state index >= 15 is 0 Å². The van der Waals surface area contributed by atoms with Crippen molar-refractivity contribution in [2.75, 3.05) is 13.6 Å². The Morgan fingerprint density at radius 3 is 2.74 bits per heavy atom. The first-order valence-electron chi connectivity index (χ1n) is 10.4. The van der Waals surface area contributed by atoms with Gasteiger partial charge in [-0.15, -0.1) is 0 Å². The van der Waals surface area contributed by atoms with Gasteiger partial charge < -0.3 is 0 Å². The largest absolute Gasteiger partial charge is 0.299 e. The summed E-state index contributed by atoms with van der Waals surface area (Å²) < 4.78 is 0. The van der Waals surface area contributed by atoms with E-state index in [0.29, 0.717) is 10.8 Å². The first kappa shape index (κ1) is 16.2. The minimum Gasteiger partial charge on any atom is -0.299 e. The summed E-state index contributed by atoms with van der Waals surface area (Å²) in [5.41, 5.74) is 1.12. The summed E-state index contributed by atoms with van der Waals surface area (Å²) in [6.07, 6.45) is 17.0. The standard InChI is InChI=1S/C22H37N/c1-5-7-16-14-19-17-8-9-20-22(3,11-6-13-23(20)4)18(17)10-12-21(19,2)15-16/h6,11,16-20H,5,7-10,12-15H2,1-4H3/t16?,17-,18-,19+,20?,21-,22-/m1/s1. The molecule has 1 heterocycles. The molecule has 0 spiro atoms. The quantitative estimate of drug-likeness (QED) is 0.607. The van der Waals surface area contributed by atoms with Crippen LogP contribution in [0.2, 0.25) is 0 Å². The number of nitrogens with zero attached hydrogens (tertiary/aromatic N) is 1. The van der Waals surface area contributed by atoms with Crippen LogP contribution in [0.1, 0.15) is 72.1 Å². The second-order valence-corrected chi connectivity index (χ2v) is 9.97. The third-order valence-corrected chi connectivity index (χ3v) is 8.69. The van der Waals surface area contributed by atoms with Crippen molar-refractivity contribution in [1.82, 2.24) is 4.90 Å². The van der Waals surface area contributed by atoms with Crippen LogP contribution in [0.25, 0.3) is 0 Å². The summed E-state index contributed by atoms with van der Waals surface area (Å²) in [6.45, 7) is 8.79. The highest BCUT2D eigenvalue weighted by Crippen LogP contribution is 2.65. The maximum atomic E-state index is 2.65. The lowest BCUT2D eigenvalue weighted by Crippen LogP contribution is -2.58. The van der Waals surface area contributed by atoms with Crippen LogP contribution in [0.5, 0.6) is 0 Å². The summed E-state index contributed by atoms with van der Waals surface area (Å²) in [7, 11) is 2.35. The van der Waals surface area contributed by atoms with Gasteiger partial charge in [0.2, 0.25) is 0 Å². The van der Waals surface area contributed by atoms with Gasteiger partial charge >= 0.3 is 0 Å².